The second-order valence-corrected chi connectivity index (χ2v) is 9.66. The molecule has 0 spiro atoms. The van der Waals surface area contributed by atoms with Gasteiger partial charge in [-0.3, -0.25) is 4.79 Å². The van der Waals surface area contributed by atoms with Crippen LogP contribution in [-0.4, -0.2) is 36.4 Å². The Morgan fingerprint density at radius 1 is 1.00 bits per heavy atom. The molecule has 3 aromatic rings. The first-order valence-electron chi connectivity index (χ1n) is 13.1. The van der Waals surface area contributed by atoms with Crippen LogP contribution in [0, 0.1) is 6.92 Å². The van der Waals surface area contributed by atoms with E-state index in [1.807, 2.05) is 49.4 Å². The van der Waals surface area contributed by atoms with Crippen molar-refractivity contribution >= 4 is 35.4 Å². The van der Waals surface area contributed by atoms with Gasteiger partial charge in [0, 0.05) is 11.3 Å². The fourth-order valence-corrected chi connectivity index (χ4v) is 4.38. The van der Waals surface area contributed by atoms with Crippen molar-refractivity contribution < 1.29 is 23.8 Å². The molecular weight excluding hydrogens is 540 g/mol. The van der Waals surface area contributed by atoms with E-state index >= 15 is 0 Å². The molecule has 3 N–H and O–H groups in total. The number of benzene rings is 3. The maximum absolute atomic E-state index is 12.7. The SMILES string of the molecule is CCOC(=O)C1=C(C)NC(=S)N[C@H]1c1ccccc1OCC(=O)NN=Cc1ccc(OCc2ccc(C)cc2)cc1. The number of nitrogens with zero attached hydrogens (tertiary/aromatic N) is 1. The van der Waals surface area contributed by atoms with Gasteiger partial charge in [0.1, 0.15) is 18.1 Å². The van der Waals surface area contributed by atoms with E-state index in [0.717, 1.165) is 16.9 Å². The fourth-order valence-electron chi connectivity index (χ4n) is 4.11. The van der Waals surface area contributed by atoms with Crippen LogP contribution in [0.5, 0.6) is 11.5 Å². The maximum atomic E-state index is 12.7. The van der Waals surface area contributed by atoms with Gasteiger partial charge in [-0.2, -0.15) is 5.10 Å². The topological polar surface area (TPSA) is 110 Å². The smallest absolute Gasteiger partial charge is 0.338 e. The number of aryl methyl sites for hydroxylation is 1. The number of esters is 1. The molecule has 3 aromatic carbocycles. The largest absolute Gasteiger partial charge is 0.489 e. The molecule has 0 unspecified atom stereocenters. The van der Waals surface area contributed by atoms with Crippen LogP contribution in [-0.2, 0) is 20.9 Å². The Balaban J connectivity index is 1.32. The molecular formula is C31H32N4O5S. The number of carbonyl (C=O) groups is 2. The summed E-state index contributed by atoms with van der Waals surface area (Å²) in [5.41, 5.74) is 7.17. The normalized spacial score (nSPS) is 14.7. The molecule has 1 aliphatic heterocycles. The number of nitrogens with one attached hydrogen (secondary N) is 3. The minimum Gasteiger partial charge on any atom is -0.489 e. The molecule has 0 aromatic heterocycles. The van der Waals surface area contributed by atoms with E-state index in [1.54, 1.807) is 32.0 Å². The predicted molar refractivity (Wildman–Crippen MR) is 161 cm³/mol. The first-order chi connectivity index (χ1) is 19.8. The van der Waals surface area contributed by atoms with Crippen LogP contribution in [0.25, 0.3) is 0 Å². The minimum atomic E-state index is -0.607. The average Bonchev–Trinajstić information content (AvgIpc) is 2.96. The van der Waals surface area contributed by atoms with Gasteiger partial charge in [-0.25, -0.2) is 10.2 Å². The molecule has 0 radical (unpaired) electrons. The monoisotopic (exact) mass is 572 g/mol. The van der Waals surface area contributed by atoms with Gasteiger partial charge in [-0.05, 0) is 74.4 Å². The van der Waals surface area contributed by atoms with Gasteiger partial charge in [0.25, 0.3) is 5.91 Å². The first-order valence-corrected chi connectivity index (χ1v) is 13.5. The van der Waals surface area contributed by atoms with Gasteiger partial charge in [0.15, 0.2) is 11.7 Å². The summed E-state index contributed by atoms with van der Waals surface area (Å²) >= 11 is 5.31. The van der Waals surface area contributed by atoms with Crippen LogP contribution >= 0.6 is 12.2 Å². The van der Waals surface area contributed by atoms with Crippen LogP contribution in [0.4, 0.5) is 0 Å². The van der Waals surface area contributed by atoms with E-state index in [1.165, 1.54) is 11.8 Å². The Bertz CT molecular complexity index is 1450. The van der Waals surface area contributed by atoms with Crippen molar-refractivity contribution in [1.82, 2.24) is 16.1 Å². The van der Waals surface area contributed by atoms with Crippen molar-refractivity contribution in [2.75, 3.05) is 13.2 Å². The summed E-state index contributed by atoms with van der Waals surface area (Å²) in [5.74, 6) is 0.245. The Labute approximate surface area is 244 Å². The van der Waals surface area contributed by atoms with Crippen molar-refractivity contribution in [3.63, 3.8) is 0 Å². The summed E-state index contributed by atoms with van der Waals surface area (Å²) in [6.07, 6.45) is 1.54. The number of amides is 1. The molecule has 9 nitrogen and oxygen atoms in total. The molecule has 1 aliphatic rings. The molecule has 0 saturated carbocycles. The predicted octanol–water partition coefficient (Wildman–Crippen LogP) is 4.46. The molecule has 41 heavy (non-hydrogen) atoms. The standard InChI is InChI=1S/C31H32N4O5S/c1-4-38-30(37)28-21(3)33-31(41)34-29(28)25-7-5-6-8-26(25)40-19-27(36)35-32-17-22-13-15-24(16-14-22)39-18-23-11-9-20(2)10-12-23/h5-17,29H,4,18-19H2,1-3H3,(H,35,36)(H2,33,34,41)/t29-/m0/s1. The highest BCUT2D eigenvalue weighted by atomic mass is 32.1. The number of hydrazone groups is 1. The highest BCUT2D eigenvalue weighted by Crippen LogP contribution is 2.33. The zero-order chi connectivity index (χ0) is 29.2. The zero-order valence-electron chi connectivity index (χ0n) is 23.1. The second kappa shape index (κ2) is 14.1. The van der Waals surface area contributed by atoms with Gasteiger partial charge in [0.05, 0.1) is 24.4 Å². The number of carbonyl (C=O) groups excluding carboxylic acids is 2. The average molecular weight is 573 g/mol. The number of rotatable bonds is 11. The van der Waals surface area contributed by atoms with Crippen molar-refractivity contribution in [2.24, 2.45) is 5.10 Å². The van der Waals surface area contributed by atoms with E-state index in [9.17, 15) is 9.59 Å². The highest BCUT2D eigenvalue weighted by Gasteiger charge is 2.32. The van der Waals surface area contributed by atoms with E-state index in [4.69, 9.17) is 26.4 Å². The first kappa shape index (κ1) is 29.3. The summed E-state index contributed by atoms with van der Waals surface area (Å²) in [6, 6.07) is 22.1. The highest BCUT2D eigenvalue weighted by molar-refractivity contribution is 7.80. The van der Waals surface area contributed by atoms with Crippen molar-refractivity contribution in [2.45, 2.75) is 33.4 Å². The minimum absolute atomic E-state index is 0.234. The fraction of sp³-hybridized carbons (Fsp3) is 0.226. The van der Waals surface area contributed by atoms with E-state index in [-0.39, 0.29) is 13.2 Å². The lowest BCUT2D eigenvalue weighted by molar-refractivity contribution is -0.139. The molecule has 1 heterocycles. The van der Waals surface area contributed by atoms with Crippen LogP contribution in [0.2, 0.25) is 0 Å². The Morgan fingerprint density at radius 3 is 2.46 bits per heavy atom. The number of allylic oxidation sites excluding steroid dienone is 1. The number of ether oxygens (including phenoxy) is 3. The Hall–Kier alpha value is -4.70. The van der Waals surface area contributed by atoms with Gasteiger partial charge in [-0.15, -0.1) is 0 Å². The van der Waals surface area contributed by atoms with Crippen molar-refractivity contribution in [3.8, 4) is 11.5 Å². The van der Waals surface area contributed by atoms with E-state index in [2.05, 4.69) is 33.3 Å². The van der Waals surface area contributed by atoms with E-state index < -0.39 is 17.9 Å². The third-order valence-electron chi connectivity index (χ3n) is 6.16. The van der Waals surface area contributed by atoms with Crippen molar-refractivity contribution in [1.29, 1.82) is 0 Å². The molecule has 0 bridgehead atoms. The third kappa shape index (κ3) is 8.15. The molecule has 0 fully saturated rings. The quantitative estimate of drug-likeness (QED) is 0.134. The van der Waals surface area contributed by atoms with Crippen molar-refractivity contribution in [3.05, 3.63) is 106 Å². The van der Waals surface area contributed by atoms with Gasteiger partial charge in [0.2, 0.25) is 0 Å². The number of hydrogen-bond donors (Lipinski definition) is 3. The molecule has 0 aliphatic carbocycles. The van der Waals surface area contributed by atoms with Gasteiger partial charge >= 0.3 is 5.97 Å². The zero-order valence-corrected chi connectivity index (χ0v) is 23.9. The lowest BCUT2D eigenvalue weighted by atomic mass is 9.95. The van der Waals surface area contributed by atoms with E-state index in [0.29, 0.717) is 34.3 Å². The summed E-state index contributed by atoms with van der Waals surface area (Å²) in [6.45, 7) is 5.98. The summed E-state index contributed by atoms with van der Waals surface area (Å²) in [5, 5.41) is 10.5. The molecule has 4 rings (SSSR count). The molecule has 1 amide bonds. The molecule has 0 saturated heterocycles. The lowest BCUT2D eigenvalue weighted by Gasteiger charge is -2.30. The Morgan fingerprint density at radius 2 is 1.73 bits per heavy atom. The molecule has 10 heteroatoms. The molecule has 1 atom stereocenters. The van der Waals surface area contributed by atoms with Crippen LogP contribution in [0.15, 0.2) is 89.2 Å². The van der Waals surface area contributed by atoms with Crippen LogP contribution in [0.1, 0.15) is 42.1 Å². The number of hydrogen-bond acceptors (Lipinski definition) is 7. The van der Waals surface area contributed by atoms with Crippen LogP contribution in [0.3, 0.4) is 0 Å². The number of para-hydroxylation sites is 1. The number of thiocarbonyl (C=S) groups is 1. The summed E-state index contributed by atoms with van der Waals surface area (Å²) in [4.78, 5) is 25.2. The lowest BCUT2D eigenvalue weighted by Crippen LogP contribution is -2.45. The second-order valence-electron chi connectivity index (χ2n) is 9.25. The van der Waals surface area contributed by atoms with Gasteiger partial charge < -0.3 is 24.8 Å². The summed E-state index contributed by atoms with van der Waals surface area (Å²) < 4.78 is 16.9. The van der Waals surface area contributed by atoms with Crippen LogP contribution < -0.4 is 25.5 Å². The third-order valence-corrected chi connectivity index (χ3v) is 6.38. The summed E-state index contributed by atoms with van der Waals surface area (Å²) in [7, 11) is 0. The van der Waals surface area contributed by atoms with Gasteiger partial charge in [-0.1, -0.05) is 48.0 Å². The maximum Gasteiger partial charge on any atom is 0.338 e. The Kier molecular flexibility index (Phi) is 10.1. The molecule has 212 valence electrons.